The second-order valence-electron chi connectivity index (χ2n) is 2.10. The van der Waals surface area contributed by atoms with Crippen LogP contribution < -0.4 is 0 Å². The fourth-order valence-corrected chi connectivity index (χ4v) is 0.777. The zero-order chi connectivity index (χ0) is 10.8. The molecule has 3 nitrogen and oxygen atoms in total. The predicted molar refractivity (Wildman–Crippen MR) is 46.0 cm³/mol. The molecule has 0 unspecified atom stereocenters. The number of nitrogens with zero attached hydrogens (tertiary/aromatic N) is 3. The Bertz CT molecular complexity index is 364. The topological polar surface area (TPSA) is 38.1 Å². The van der Waals surface area contributed by atoms with Gasteiger partial charge in [0.25, 0.3) is 0 Å². The lowest BCUT2D eigenvalue weighted by Gasteiger charge is -2.02. The van der Waals surface area contributed by atoms with Crippen LogP contribution in [0.25, 0.3) is 0 Å². The zero-order valence-electron chi connectivity index (χ0n) is 6.39. The Morgan fingerprint density at radius 1 is 1.43 bits per heavy atom. The third-order valence-electron chi connectivity index (χ3n) is 1.10. The standard InChI is InChI=1S/C6H2Cl2F3N3/c7-4-3(1-12-2-13-4)14-5(8)6(9,10)11/h1-2H. The molecule has 0 N–H and O–H groups in total. The minimum absolute atomic E-state index is 0.192. The summed E-state index contributed by atoms with van der Waals surface area (Å²) >= 11 is 10.3. The molecule has 0 spiro atoms. The highest BCUT2D eigenvalue weighted by atomic mass is 35.5. The average Bonchev–Trinajstić information content (AvgIpc) is 2.07. The first-order valence-corrected chi connectivity index (χ1v) is 3.93. The van der Waals surface area contributed by atoms with Gasteiger partial charge in [-0.2, -0.15) is 13.2 Å². The van der Waals surface area contributed by atoms with Crippen LogP contribution in [0, 0.1) is 0 Å². The summed E-state index contributed by atoms with van der Waals surface area (Å²) in [6.45, 7) is 0. The van der Waals surface area contributed by atoms with Gasteiger partial charge in [0.15, 0.2) is 5.15 Å². The molecular formula is C6H2Cl2F3N3. The first kappa shape index (κ1) is 11.2. The zero-order valence-corrected chi connectivity index (χ0v) is 7.90. The van der Waals surface area contributed by atoms with E-state index in [1.807, 2.05) is 0 Å². The lowest BCUT2D eigenvalue weighted by molar-refractivity contribution is -0.0558. The Labute approximate surface area is 86.6 Å². The van der Waals surface area contributed by atoms with Gasteiger partial charge in [0.1, 0.15) is 12.0 Å². The summed E-state index contributed by atoms with van der Waals surface area (Å²) in [4.78, 5) is 9.92. The van der Waals surface area contributed by atoms with E-state index in [-0.39, 0.29) is 10.8 Å². The number of alkyl halides is 3. The minimum atomic E-state index is -4.69. The third kappa shape index (κ3) is 2.81. The van der Waals surface area contributed by atoms with Crippen LogP contribution in [0.3, 0.4) is 0 Å². The monoisotopic (exact) mass is 243 g/mol. The first-order chi connectivity index (χ1) is 6.41. The van der Waals surface area contributed by atoms with Crippen molar-refractivity contribution >= 4 is 34.1 Å². The minimum Gasteiger partial charge on any atom is -0.242 e. The molecule has 0 saturated carbocycles. The molecule has 0 atom stereocenters. The van der Waals surface area contributed by atoms with Crippen LogP contribution in [-0.2, 0) is 0 Å². The molecule has 1 aromatic rings. The highest BCUT2D eigenvalue weighted by Gasteiger charge is 2.34. The van der Waals surface area contributed by atoms with Crippen molar-refractivity contribution in [1.29, 1.82) is 0 Å². The molecule has 0 aliphatic carbocycles. The lowest BCUT2D eigenvalue weighted by Crippen LogP contribution is -2.16. The van der Waals surface area contributed by atoms with Gasteiger partial charge in [0.05, 0.1) is 6.20 Å². The van der Waals surface area contributed by atoms with Crippen LogP contribution in [0.2, 0.25) is 5.15 Å². The molecule has 1 rings (SSSR count). The van der Waals surface area contributed by atoms with E-state index in [4.69, 9.17) is 23.2 Å². The van der Waals surface area contributed by atoms with Crippen molar-refractivity contribution in [2.24, 2.45) is 4.99 Å². The van der Waals surface area contributed by atoms with E-state index in [0.29, 0.717) is 0 Å². The van der Waals surface area contributed by atoms with Crippen LogP contribution >= 0.6 is 23.2 Å². The van der Waals surface area contributed by atoms with Gasteiger partial charge in [-0.1, -0.05) is 23.2 Å². The Morgan fingerprint density at radius 2 is 2.07 bits per heavy atom. The van der Waals surface area contributed by atoms with Crippen LogP contribution in [0.1, 0.15) is 0 Å². The van der Waals surface area contributed by atoms with Gasteiger partial charge in [-0.05, 0) is 0 Å². The van der Waals surface area contributed by atoms with Gasteiger partial charge in [0, 0.05) is 0 Å². The average molecular weight is 244 g/mol. The van der Waals surface area contributed by atoms with E-state index >= 15 is 0 Å². The molecule has 0 bridgehead atoms. The van der Waals surface area contributed by atoms with Gasteiger partial charge in [0.2, 0.25) is 5.17 Å². The Kier molecular flexibility index (Phi) is 3.28. The summed E-state index contributed by atoms with van der Waals surface area (Å²) in [6.07, 6.45) is -2.58. The van der Waals surface area contributed by atoms with Crippen LogP contribution in [0.4, 0.5) is 18.9 Å². The number of rotatable bonds is 1. The van der Waals surface area contributed by atoms with Crippen molar-refractivity contribution in [1.82, 2.24) is 9.97 Å². The number of halogens is 5. The van der Waals surface area contributed by atoms with E-state index in [9.17, 15) is 13.2 Å². The fourth-order valence-electron chi connectivity index (χ4n) is 0.551. The normalized spacial score (nSPS) is 13.1. The molecule has 0 aromatic carbocycles. The van der Waals surface area contributed by atoms with E-state index in [1.165, 1.54) is 0 Å². The number of hydrogen-bond acceptors (Lipinski definition) is 3. The van der Waals surface area contributed by atoms with Crippen molar-refractivity contribution in [2.75, 3.05) is 0 Å². The van der Waals surface area contributed by atoms with Gasteiger partial charge >= 0.3 is 6.18 Å². The quantitative estimate of drug-likeness (QED) is 0.562. The van der Waals surface area contributed by atoms with Crippen molar-refractivity contribution in [3.8, 4) is 0 Å². The van der Waals surface area contributed by atoms with Gasteiger partial charge in [-0.15, -0.1) is 0 Å². The maximum absolute atomic E-state index is 11.9. The van der Waals surface area contributed by atoms with Crippen molar-refractivity contribution in [2.45, 2.75) is 6.18 Å². The van der Waals surface area contributed by atoms with E-state index in [2.05, 4.69) is 15.0 Å². The molecule has 0 saturated heterocycles. The highest BCUT2D eigenvalue weighted by molar-refractivity contribution is 6.67. The fraction of sp³-hybridized carbons (Fsp3) is 0.167. The predicted octanol–water partition coefficient (Wildman–Crippen LogP) is 2.96. The maximum atomic E-state index is 11.9. The maximum Gasteiger partial charge on any atom is 0.444 e. The van der Waals surface area contributed by atoms with Crippen LogP contribution in [0.15, 0.2) is 17.5 Å². The largest absolute Gasteiger partial charge is 0.444 e. The van der Waals surface area contributed by atoms with Crippen molar-refractivity contribution in [3.05, 3.63) is 17.7 Å². The van der Waals surface area contributed by atoms with E-state index in [1.54, 1.807) is 0 Å². The van der Waals surface area contributed by atoms with Crippen LogP contribution in [-0.4, -0.2) is 21.3 Å². The molecule has 8 heteroatoms. The molecule has 76 valence electrons. The van der Waals surface area contributed by atoms with E-state index in [0.717, 1.165) is 12.5 Å². The van der Waals surface area contributed by atoms with E-state index < -0.39 is 11.3 Å². The smallest absolute Gasteiger partial charge is 0.242 e. The summed E-state index contributed by atoms with van der Waals surface area (Å²) < 4.78 is 35.8. The summed E-state index contributed by atoms with van der Waals surface area (Å²) in [6, 6.07) is 0. The SMILES string of the molecule is FC(F)(F)C(Cl)=Nc1cncnc1Cl. The van der Waals surface area contributed by atoms with Gasteiger partial charge in [-0.25, -0.2) is 15.0 Å². The summed E-state index contributed by atoms with van der Waals surface area (Å²) in [5.41, 5.74) is -0.225. The van der Waals surface area contributed by atoms with Crippen molar-refractivity contribution < 1.29 is 13.2 Å². The van der Waals surface area contributed by atoms with Crippen molar-refractivity contribution in [3.63, 3.8) is 0 Å². The van der Waals surface area contributed by atoms with Crippen LogP contribution in [0.5, 0.6) is 0 Å². The second kappa shape index (κ2) is 4.10. The Hall–Kier alpha value is -0.880. The molecule has 0 fully saturated rings. The third-order valence-corrected chi connectivity index (χ3v) is 1.69. The summed E-state index contributed by atoms with van der Waals surface area (Å²) in [5.74, 6) is 0. The Balaban J connectivity index is 3.04. The number of hydrogen-bond donors (Lipinski definition) is 0. The first-order valence-electron chi connectivity index (χ1n) is 3.18. The molecule has 1 heterocycles. The van der Waals surface area contributed by atoms with Gasteiger partial charge in [-0.3, -0.25) is 0 Å². The molecular weight excluding hydrogens is 242 g/mol. The number of aromatic nitrogens is 2. The molecule has 0 aliphatic heterocycles. The molecule has 0 amide bonds. The highest BCUT2D eigenvalue weighted by Crippen LogP contribution is 2.26. The van der Waals surface area contributed by atoms with Gasteiger partial charge < -0.3 is 0 Å². The lowest BCUT2D eigenvalue weighted by atomic mass is 10.5. The number of aliphatic imine (C=N–C) groups is 1. The summed E-state index contributed by atoms with van der Waals surface area (Å²) in [7, 11) is 0. The molecule has 1 aromatic heterocycles. The summed E-state index contributed by atoms with van der Waals surface area (Å²) in [5, 5.41) is -1.71. The molecule has 0 radical (unpaired) electrons. The Morgan fingerprint density at radius 3 is 2.57 bits per heavy atom. The second-order valence-corrected chi connectivity index (χ2v) is 2.82. The molecule has 0 aliphatic rings. The molecule has 14 heavy (non-hydrogen) atoms.